The number of aromatic nitrogens is 1. The van der Waals surface area contributed by atoms with Crippen LogP contribution in [0.2, 0.25) is 0 Å². The van der Waals surface area contributed by atoms with Gasteiger partial charge in [0.15, 0.2) is 0 Å². The number of pyridine rings is 1. The molecule has 23 heavy (non-hydrogen) atoms. The Morgan fingerprint density at radius 1 is 1.13 bits per heavy atom. The minimum atomic E-state index is -0.862. The molecule has 2 aromatic carbocycles. The van der Waals surface area contributed by atoms with Gasteiger partial charge in [0.05, 0.1) is 11.2 Å². The molecule has 2 N–H and O–H groups in total. The number of hydrogen-bond acceptors (Lipinski definition) is 3. The summed E-state index contributed by atoms with van der Waals surface area (Å²) in [6.07, 6.45) is 0. The van der Waals surface area contributed by atoms with Crippen molar-refractivity contribution in [3.8, 4) is 5.75 Å². The van der Waals surface area contributed by atoms with Crippen molar-refractivity contribution in [1.29, 1.82) is 0 Å². The van der Waals surface area contributed by atoms with E-state index in [1.165, 1.54) is 29.8 Å². The van der Waals surface area contributed by atoms with E-state index in [1.54, 1.807) is 30.3 Å². The van der Waals surface area contributed by atoms with Gasteiger partial charge in [-0.1, -0.05) is 24.3 Å². The normalized spacial score (nSPS) is 10.7. The zero-order valence-electron chi connectivity index (χ0n) is 12.2. The van der Waals surface area contributed by atoms with Crippen LogP contribution in [0.3, 0.4) is 0 Å². The molecule has 0 spiro atoms. The summed E-state index contributed by atoms with van der Waals surface area (Å²) in [7, 11) is 1.50. The molecule has 0 aliphatic rings. The molecule has 1 heterocycles. The number of nitrogens with zero attached hydrogens (tertiary/aromatic N) is 1. The first kappa shape index (κ1) is 14.8. The highest BCUT2D eigenvalue weighted by molar-refractivity contribution is 6.09. The van der Waals surface area contributed by atoms with Crippen LogP contribution >= 0.6 is 0 Å². The van der Waals surface area contributed by atoms with E-state index in [2.05, 4.69) is 5.32 Å². The summed E-state index contributed by atoms with van der Waals surface area (Å²) in [4.78, 5) is 24.7. The highest BCUT2D eigenvalue weighted by Crippen LogP contribution is 2.26. The number of anilines is 1. The van der Waals surface area contributed by atoms with Gasteiger partial charge in [0.25, 0.3) is 11.5 Å². The van der Waals surface area contributed by atoms with Gasteiger partial charge in [-0.15, -0.1) is 0 Å². The van der Waals surface area contributed by atoms with Gasteiger partial charge in [0.1, 0.15) is 17.1 Å². The second kappa shape index (κ2) is 5.57. The van der Waals surface area contributed by atoms with E-state index in [0.717, 1.165) is 0 Å². The van der Waals surface area contributed by atoms with Crippen LogP contribution in [0.4, 0.5) is 10.1 Å². The van der Waals surface area contributed by atoms with Gasteiger partial charge in [-0.3, -0.25) is 9.59 Å². The molecule has 6 heteroatoms. The van der Waals surface area contributed by atoms with Crippen molar-refractivity contribution in [2.45, 2.75) is 0 Å². The number of carbonyl (C=O) groups is 1. The number of rotatable bonds is 2. The third kappa shape index (κ3) is 2.44. The predicted molar refractivity (Wildman–Crippen MR) is 85.2 cm³/mol. The Kier molecular flexibility index (Phi) is 3.57. The number of aromatic hydroxyl groups is 1. The highest BCUT2D eigenvalue weighted by Gasteiger charge is 2.21. The highest BCUT2D eigenvalue weighted by atomic mass is 19.1. The lowest BCUT2D eigenvalue weighted by Crippen LogP contribution is -2.28. The molecule has 0 radical (unpaired) electrons. The molecule has 0 aliphatic heterocycles. The van der Waals surface area contributed by atoms with Crippen LogP contribution in [-0.2, 0) is 7.05 Å². The van der Waals surface area contributed by atoms with Gasteiger partial charge in [-0.25, -0.2) is 4.39 Å². The smallest absolute Gasteiger partial charge is 0.267 e. The zero-order valence-corrected chi connectivity index (χ0v) is 12.2. The number of aryl methyl sites for hydroxylation is 1. The summed E-state index contributed by atoms with van der Waals surface area (Å²) >= 11 is 0. The summed E-state index contributed by atoms with van der Waals surface area (Å²) in [5.41, 5.74) is -0.644. The van der Waals surface area contributed by atoms with Gasteiger partial charge in [-0.2, -0.15) is 0 Å². The molecular weight excluding hydrogens is 299 g/mol. The average molecular weight is 312 g/mol. The molecule has 0 atom stereocenters. The van der Waals surface area contributed by atoms with Crippen LogP contribution in [0.1, 0.15) is 10.4 Å². The monoisotopic (exact) mass is 312 g/mol. The number of para-hydroxylation sites is 2. The number of hydrogen-bond donors (Lipinski definition) is 2. The average Bonchev–Trinajstić information content (AvgIpc) is 2.55. The first-order valence-electron chi connectivity index (χ1n) is 6.87. The summed E-state index contributed by atoms with van der Waals surface area (Å²) < 4.78 is 14.9. The SMILES string of the molecule is Cn1c(=O)c(C(=O)Nc2ccccc2F)c(O)c2ccccc21. The lowest BCUT2D eigenvalue weighted by molar-refractivity contribution is 0.102. The van der Waals surface area contributed by atoms with Crippen LogP contribution in [0, 0.1) is 5.82 Å². The number of halogens is 1. The van der Waals surface area contributed by atoms with E-state index in [1.807, 2.05) is 0 Å². The fraction of sp³-hybridized carbons (Fsp3) is 0.0588. The second-order valence-corrected chi connectivity index (χ2v) is 5.04. The Morgan fingerprint density at radius 2 is 1.78 bits per heavy atom. The van der Waals surface area contributed by atoms with Crippen molar-refractivity contribution in [2.24, 2.45) is 7.05 Å². The van der Waals surface area contributed by atoms with E-state index in [4.69, 9.17) is 0 Å². The van der Waals surface area contributed by atoms with E-state index in [-0.39, 0.29) is 5.69 Å². The van der Waals surface area contributed by atoms with Gasteiger partial charge >= 0.3 is 0 Å². The molecule has 116 valence electrons. The number of nitrogens with one attached hydrogen (secondary N) is 1. The Morgan fingerprint density at radius 3 is 2.52 bits per heavy atom. The minimum absolute atomic E-state index is 0.0629. The van der Waals surface area contributed by atoms with E-state index in [9.17, 15) is 19.1 Å². The first-order chi connectivity index (χ1) is 11.0. The number of carbonyl (C=O) groups excluding carboxylic acids is 1. The van der Waals surface area contributed by atoms with Crippen molar-refractivity contribution in [2.75, 3.05) is 5.32 Å². The molecule has 0 saturated heterocycles. The lowest BCUT2D eigenvalue weighted by Gasteiger charge is -2.12. The Labute approximate surface area is 130 Å². The number of amides is 1. The third-order valence-electron chi connectivity index (χ3n) is 3.62. The Hall–Kier alpha value is -3.15. The molecule has 0 bridgehead atoms. The van der Waals surface area contributed by atoms with Gasteiger partial charge < -0.3 is 15.0 Å². The summed E-state index contributed by atoms with van der Waals surface area (Å²) in [5, 5.41) is 13.0. The maximum absolute atomic E-state index is 13.6. The van der Waals surface area contributed by atoms with Crippen molar-refractivity contribution < 1.29 is 14.3 Å². The largest absolute Gasteiger partial charge is 0.506 e. The molecule has 0 fully saturated rings. The zero-order chi connectivity index (χ0) is 16.6. The van der Waals surface area contributed by atoms with Crippen LogP contribution in [-0.4, -0.2) is 15.6 Å². The minimum Gasteiger partial charge on any atom is -0.506 e. The standard InChI is InChI=1S/C17H13FN2O3/c1-20-13-9-5-2-6-10(13)15(21)14(17(20)23)16(22)19-12-8-4-3-7-11(12)18/h2-9,21H,1H3,(H,19,22). The first-order valence-corrected chi connectivity index (χ1v) is 6.87. The molecule has 1 amide bonds. The van der Waals surface area contributed by atoms with Crippen LogP contribution in [0.5, 0.6) is 5.75 Å². The topological polar surface area (TPSA) is 71.3 Å². The Bertz CT molecular complexity index is 979. The van der Waals surface area contributed by atoms with Gasteiger partial charge in [0.2, 0.25) is 0 Å². The fourth-order valence-corrected chi connectivity index (χ4v) is 2.43. The van der Waals surface area contributed by atoms with Gasteiger partial charge in [-0.05, 0) is 24.3 Å². The maximum atomic E-state index is 13.6. The molecule has 1 aromatic heterocycles. The van der Waals surface area contributed by atoms with Crippen molar-refractivity contribution >= 4 is 22.5 Å². The third-order valence-corrected chi connectivity index (χ3v) is 3.62. The molecule has 3 rings (SSSR count). The molecule has 0 aliphatic carbocycles. The number of fused-ring (bicyclic) bond motifs is 1. The second-order valence-electron chi connectivity index (χ2n) is 5.04. The van der Waals surface area contributed by atoms with Crippen LogP contribution in [0.25, 0.3) is 10.9 Å². The predicted octanol–water partition coefficient (Wildman–Crippen LogP) is 2.64. The maximum Gasteiger partial charge on any atom is 0.267 e. The molecular formula is C17H13FN2O3. The summed E-state index contributed by atoms with van der Waals surface area (Å²) in [5.74, 6) is -1.91. The van der Waals surface area contributed by atoms with Crippen molar-refractivity contribution in [1.82, 2.24) is 4.57 Å². The number of benzene rings is 2. The molecule has 5 nitrogen and oxygen atoms in total. The van der Waals surface area contributed by atoms with Crippen LogP contribution < -0.4 is 10.9 Å². The van der Waals surface area contributed by atoms with Crippen LogP contribution in [0.15, 0.2) is 53.3 Å². The summed E-state index contributed by atoms with van der Waals surface area (Å²) in [6.45, 7) is 0. The van der Waals surface area contributed by atoms with Crippen molar-refractivity contribution in [3.05, 3.63) is 70.3 Å². The van der Waals surface area contributed by atoms with E-state index >= 15 is 0 Å². The van der Waals surface area contributed by atoms with Gasteiger partial charge in [0, 0.05) is 12.4 Å². The van der Waals surface area contributed by atoms with Crippen molar-refractivity contribution in [3.63, 3.8) is 0 Å². The Balaban J connectivity index is 2.15. The quantitative estimate of drug-likeness (QED) is 0.764. The lowest BCUT2D eigenvalue weighted by atomic mass is 10.1. The van der Waals surface area contributed by atoms with E-state index < -0.39 is 28.6 Å². The summed E-state index contributed by atoms with van der Waals surface area (Å²) in [6, 6.07) is 12.3. The molecule has 3 aromatic rings. The van der Waals surface area contributed by atoms with E-state index in [0.29, 0.717) is 10.9 Å². The molecule has 0 saturated carbocycles. The fourth-order valence-electron chi connectivity index (χ4n) is 2.43. The molecule has 0 unspecified atom stereocenters.